The van der Waals surface area contributed by atoms with E-state index in [1.54, 1.807) is 24.3 Å². The summed E-state index contributed by atoms with van der Waals surface area (Å²) in [5.41, 5.74) is 1.84. The normalized spacial score (nSPS) is 16.7. The smallest absolute Gasteiger partial charge is 0.273 e. The van der Waals surface area contributed by atoms with Crippen LogP contribution in [0.5, 0.6) is 0 Å². The van der Waals surface area contributed by atoms with Gasteiger partial charge in [-0.25, -0.2) is 9.69 Å². The molecule has 0 bridgehead atoms. The average Bonchev–Trinajstić information content (AvgIpc) is 2.66. The minimum absolute atomic E-state index is 0.106. The molecule has 3 rings (SSSR count). The second-order valence-electron chi connectivity index (χ2n) is 6.67. The highest BCUT2D eigenvalue weighted by atomic mass is 35.5. The zero-order chi connectivity index (χ0) is 20.3. The first kappa shape index (κ1) is 19.6. The second kappa shape index (κ2) is 8.23. The number of allylic oxidation sites excluding steroid dienone is 3. The Labute approximate surface area is 168 Å². The maximum atomic E-state index is 13.0. The van der Waals surface area contributed by atoms with E-state index in [0.29, 0.717) is 10.7 Å². The van der Waals surface area contributed by atoms with Crippen molar-refractivity contribution < 1.29 is 14.4 Å². The number of anilines is 1. The Morgan fingerprint density at radius 2 is 1.64 bits per heavy atom. The standard InChI is InChI=1S/C22H19ClN2O3/c1-14(2)12-16(15-6-4-3-5-7-15)13-19-20(26)24-22(28)25(21(19)27)18-10-8-17(23)9-11-18/h3-14H,1-2H3,(H,24,26,28). The van der Waals surface area contributed by atoms with Crippen molar-refractivity contribution in [2.24, 2.45) is 5.92 Å². The van der Waals surface area contributed by atoms with E-state index in [4.69, 9.17) is 11.6 Å². The van der Waals surface area contributed by atoms with Gasteiger partial charge in [-0.05, 0) is 47.4 Å². The zero-order valence-electron chi connectivity index (χ0n) is 15.5. The molecule has 5 nitrogen and oxygen atoms in total. The summed E-state index contributed by atoms with van der Waals surface area (Å²) in [7, 11) is 0. The van der Waals surface area contributed by atoms with E-state index in [2.05, 4.69) is 5.32 Å². The second-order valence-corrected chi connectivity index (χ2v) is 7.10. The van der Waals surface area contributed by atoms with Crippen molar-refractivity contribution in [3.63, 3.8) is 0 Å². The van der Waals surface area contributed by atoms with Crippen LogP contribution in [0.15, 0.2) is 72.3 Å². The summed E-state index contributed by atoms with van der Waals surface area (Å²) >= 11 is 5.88. The van der Waals surface area contributed by atoms with Gasteiger partial charge in [0.1, 0.15) is 5.57 Å². The molecule has 6 heteroatoms. The first-order valence-electron chi connectivity index (χ1n) is 8.81. The number of urea groups is 1. The van der Waals surface area contributed by atoms with Crippen molar-refractivity contribution in [1.29, 1.82) is 0 Å². The van der Waals surface area contributed by atoms with Gasteiger partial charge in [-0.1, -0.05) is 61.9 Å². The number of imide groups is 2. The van der Waals surface area contributed by atoms with Crippen LogP contribution in [0.1, 0.15) is 19.4 Å². The van der Waals surface area contributed by atoms with E-state index < -0.39 is 17.8 Å². The van der Waals surface area contributed by atoms with Crippen molar-refractivity contribution in [3.8, 4) is 0 Å². The van der Waals surface area contributed by atoms with Gasteiger partial charge < -0.3 is 0 Å². The Balaban J connectivity index is 2.05. The molecule has 0 aromatic heterocycles. The summed E-state index contributed by atoms with van der Waals surface area (Å²) in [5, 5.41) is 2.71. The minimum atomic E-state index is -0.788. The summed E-state index contributed by atoms with van der Waals surface area (Å²) in [4.78, 5) is 38.6. The first-order chi connectivity index (χ1) is 13.4. The third-order valence-corrected chi connectivity index (χ3v) is 4.36. The van der Waals surface area contributed by atoms with Gasteiger partial charge in [0.15, 0.2) is 0 Å². The van der Waals surface area contributed by atoms with Gasteiger partial charge in [-0.2, -0.15) is 0 Å². The van der Waals surface area contributed by atoms with Gasteiger partial charge in [-0.15, -0.1) is 0 Å². The molecule has 0 unspecified atom stereocenters. The summed E-state index contributed by atoms with van der Waals surface area (Å²) < 4.78 is 0. The van der Waals surface area contributed by atoms with Crippen LogP contribution in [0.3, 0.4) is 0 Å². The van der Waals surface area contributed by atoms with Crippen molar-refractivity contribution in [1.82, 2.24) is 5.32 Å². The molecule has 1 N–H and O–H groups in total. The molecule has 0 spiro atoms. The van der Waals surface area contributed by atoms with Crippen molar-refractivity contribution in [3.05, 3.63) is 82.9 Å². The molecule has 2 aromatic carbocycles. The number of hydrogen-bond donors (Lipinski definition) is 1. The number of amides is 4. The van der Waals surface area contributed by atoms with Crippen LogP contribution in [0.25, 0.3) is 5.57 Å². The number of nitrogens with zero attached hydrogens (tertiary/aromatic N) is 1. The van der Waals surface area contributed by atoms with Gasteiger partial charge in [0.05, 0.1) is 5.69 Å². The molecule has 0 aliphatic carbocycles. The van der Waals surface area contributed by atoms with E-state index in [9.17, 15) is 14.4 Å². The van der Waals surface area contributed by atoms with E-state index in [1.807, 2.05) is 50.3 Å². The molecule has 1 aliphatic rings. The average molecular weight is 395 g/mol. The van der Waals surface area contributed by atoms with E-state index in [-0.39, 0.29) is 11.5 Å². The SMILES string of the molecule is CC(C)C=C(C=C1C(=O)NC(=O)N(c2ccc(Cl)cc2)C1=O)c1ccccc1. The van der Waals surface area contributed by atoms with Crippen molar-refractivity contribution in [2.75, 3.05) is 4.90 Å². The monoisotopic (exact) mass is 394 g/mol. The van der Waals surface area contributed by atoms with Crippen molar-refractivity contribution >= 4 is 40.7 Å². The Hall–Kier alpha value is -3.18. The van der Waals surface area contributed by atoms with E-state index >= 15 is 0 Å². The number of halogens is 1. The van der Waals surface area contributed by atoms with Crippen molar-refractivity contribution in [2.45, 2.75) is 13.8 Å². The van der Waals surface area contributed by atoms with Crippen LogP contribution in [0.4, 0.5) is 10.5 Å². The largest absolute Gasteiger partial charge is 0.335 e. The molecular formula is C22H19ClN2O3. The minimum Gasteiger partial charge on any atom is -0.273 e. The lowest BCUT2D eigenvalue weighted by atomic mass is 9.98. The van der Waals surface area contributed by atoms with Crippen LogP contribution in [0.2, 0.25) is 5.02 Å². The van der Waals surface area contributed by atoms with E-state index in [0.717, 1.165) is 16.0 Å². The molecule has 1 fully saturated rings. The number of carbonyl (C=O) groups excluding carboxylic acids is 3. The molecule has 1 saturated heterocycles. The molecule has 142 valence electrons. The molecule has 0 atom stereocenters. The van der Waals surface area contributed by atoms with Crippen LogP contribution in [0, 0.1) is 5.92 Å². The van der Waals surface area contributed by atoms with Crippen LogP contribution in [-0.2, 0) is 9.59 Å². The summed E-state index contributed by atoms with van der Waals surface area (Å²) in [6.45, 7) is 4.02. The zero-order valence-corrected chi connectivity index (χ0v) is 16.2. The third kappa shape index (κ3) is 4.21. The predicted octanol–water partition coefficient (Wildman–Crippen LogP) is 4.59. The molecule has 28 heavy (non-hydrogen) atoms. The van der Waals surface area contributed by atoms with Crippen LogP contribution < -0.4 is 10.2 Å². The van der Waals surface area contributed by atoms with Crippen LogP contribution in [-0.4, -0.2) is 17.8 Å². The van der Waals surface area contributed by atoms with Gasteiger partial charge in [0, 0.05) is 5.02 Å². The lowest BCUT2D eigenvalue weighted by Crippen LogP contribution is -2.54. The highest BCUT2D eigenvalue weighted by Gasteiger charge is 2.36. The van der Waals surface area contributed by atoms with E-state index in [1.165, 1.54) is 6.08 Å². The summed E-state index contributed by atoms with van der Waals surface area (Å²) in [5.74, 6) is -1.20. The fourth-order valence-electron chi connectivity index (χ4n) is 2.86. The summed E-state index contributed by atoms with van der Waals surface area (Å²) in [6.07, 6.45) is 3.49. The number of nitrogens with one attached hydrogen (secondary N) is 1. The lowest BCUT2D eigenvalue weighted by molar-refractivity contribution is -0.122. The van der Waals surface area contributed by atoms with Gasteiger partial charge in [0.25, 0.3) is 11.8 Å². The number of rotatable bonds is 4. The first-order valence-corrected chi connectivity index (χ1v) is 9.19. The Morgan fingerprint density at radius 3 is 2.25 bits per heavy atom. The molecule has 1 aliphatic heterocycles. The summed E-state index contributed by atoms with van der Waals surface area (Å²) in [6, 6.07) is 14.9. The Kier molecular flexibility index (Phi) is 5.76. The fraction of sp³-hybridized carbons (Fsp3) is 0.136. The van der Waals surface area contributed by atoms with Gasteiger partial charge in [-0.3, -0.25) is 14.9 Å². The quantitative estimate of drug-likeness (QED) is 0.609. The predicted molar refractivity (Wildman–Crippen MR) is 110 cm³/mol. The highest BCUT2D eigenvalue weighted by molar-refractivity contribution is 6.38. The van der Waals surface area contributed by atoms with Gasteiger partial charge >= 0.3 is 6.03 Å². The maximum Gasteiger partial charge on any atom is 0.335 e. The Morgan fingerprint density at radius 1 is 1.00 bits per heavy atom. The molecule has 4 amide bonds. The molecule has 2 aromatic rings. The number of hydrogen-bond acceptors (Lipinski definition) is 3. The topological polar surface area (TPSA) is 66.5 Å². The molecule has 0 saturated carbocycles. The lowest BCUT2D eigenvalue weighted by Gasteiger charge is -2.26. The number of barbiturate groups is 1. The molecular weight excluding hydrogens is 376 g/mol. The highest BCUT2D eigenvalue weighted by Crippen LogP contribution is 2.25. The number of carbonyl (C=O) groups is 3. The molecule has 0 radical (unpaired) electrons. The van der Waals surface area contributed by atoms with Gasteiger partial charge in [0.2, 0.25) is 0 Å². The van der Waals surface area contributed by atoms with Crippen LogP contribution >= 0.6 is 11.6 Å². The Bertz CT molecular complexity index is 977. The third-order valence-electron chi connectivity index (χ3n) is 4.11. The fourth-order valence-corrected chi connectivity index (χ4v) is 2.98. The molecule has 1 heterocycles. The number of benzene rings is 2. The maximum absolute atomic E-state index is 13.0.